The Morgan fingerprint density at radius 2 is 2.12 bits per heavy atom. The summed E-state index contributed by atoms with van der Waals surface area (Å²) >= 11 is 1.45. The number of pyridine rings is 1. The lowest BCUT2D eigenvalue weighted by molar-refractivity contribution is 0.0520. The molecule has 1 aliphatic rings. The van der Waals surface area contributed by atoms with Crippen molar-refractivity contribution in [2.24, 2.45) is 4.99 Å². The monoisotopic (exact) mass is 359 g/mol. The van der Waals surface area contributed by atoms with Gasteiger partial charge in [0.2, 0.25) is 0 Å². The number of benzene rings is 1. The van der Waals surface area contributed by atoms with Crippen LogP contribution < -0.4 is 10.9 Å². The molecule has 130 valence electrons. The number of rotatable bonds is 4. The molecule has 1 unspecified atom stereocenters. The molecule has 1 aliphatic heterocycles. The lowest BCUT2D eigenvalue weighted by Crippen LogP contribution is -2.33. The van der Waals surface area contributed by atoms with Crippen LogP contribution in [-0.4, -0.2) is 40.2 Å². The van der Waals surface area contributed by atoms with Gasteiger partial charge in [-0.3, -0.25) is 14.4 Å². The van der Waals surface area contributed by atoms with E-state index >= 15 is 0 Å². The largest absolute Gasteiger partial charge is 0.506 e. The SMILES string of the molecule is CCOC(=O)c1c(O)c2c(n(-c3ccccc3)c1=O)NC(SC)N=C2. The first-order valence-corrected chi connectivity index (χ1v) is 8.94. The number of nitrogens with one attached hydrogen (secondary N) is 1. The first kappa shape index (κ1) is 17.1. The highest BCUT2D eigenvalue weighted by atomic mass is 32.2. The van der Waals surface area contributed by atoms with Crippen LogP contribution in [0.2, 0.25) is 0 Å². The van der Waals surface area contributed by atoms with Crippen LogP contribution in [-0.2, 0) is 4.74 Å². The summed E-state index contributed by atoms with van der Waals surface area (Å²) < 4.78 is 6.29. The molecule has 2 heterocycles. The molecule has 1 aromatic carbocycles. The summed E-state index contributed by atoms with van der Waals surface area (Å²) in [6.45, 7) is 1.73. The quantitative estimate of drug-likeness (QED) is 0.813. The van der Waals surface area contributed by atoms with E-state index in [-0.39, 0.29) is 17.7 Å². The molecule has 8 heteroatoms. The van der Waals surface area contributed by atoms with Crippen LogP contribution in [0.4, 0.5) is 5.82 Å². The number of thioether (sulfide) groups is 1. The molecule has 0 bridgehead atoms. The number of aromatic hydroxyl groups is 1. The van der Waals surface area contributed by atoms with E-state index in [9.17, 15) is 14.7 Å². The number of anilines is 1. The highest BCUT2D eigenvalue weighted by molar-refractivity contribution is 7.99. The number of aromatic nitrogens is 1. The second-order valence-electron chi connectivity index (χ2n) is 5.19. The second kappa shape index (κ2) is 7.02. The second-order valence-corrected chi connectivity index (χ2v) is 6.11. The van der Waals surface area contributed by atoms with Gasteiger partial charge in [0.1, 0.15) is 11.6 Å². The minimum atomic E-state index is -0.863. The van der Waals surface area contributed by atoms with Gasteiger partial charge in [0, 0.05) is 6.21 Å². The van der Waals surface area contributed by atoms with Crippen molar-refractivity contribution in [1.82, 2.24) is 4.57 Å². The first-order valence-electron chi connectivity index (χ1n) is 7.65. The Morgan fingerprint density at radius 1 is 1.40 bits per heavy atom. The van der Waals surface area contributed by atoms with Gasteiger partial charge in [0.05, 0.1) is 17.9 Å². The topological polar surface area (TPSA) is 92.9 Å². The zero-order valence-electron chi connectivity index (χ0n) is 13.7. The summed E-state index contributed by atoms with van der Waals surface area (Å²) in [4.78, 5) is 29.5. The number of esters is 1. The van der Waals surface area contributed by atoms with E-state index in [1.165, 1.54) is 22.5 Å². The minimum absolute atomic E-state index is 0.0982. The fourth-order valence-electron chi connectivity index (χ4n) is 2.57. The molecule has 0 radical (unpaired) electrons. The predicted octanol–water partition coefficient (Wildman–Crippen LogP) is 2.21. The summed E-state index contributed by atoms with van der Waals surface area (Å²) in [7, 11) is 0. The van der Waals surface area contributed by atoms with Crippen LogP contribution in [0.25, 0.3) is 5.69 Å². The number of ether oxygens (including phenoxy) is 1. The van der Waals surface area contributed by atoms with Gasteiger partial charge in [-0.15, -0.1) is 11.8 Å². The van der Waals surface area contributed by atoms with Crippen LogP contribution in [0.1, 0.15) is 22.8 Å². The number of hydrogen-bond acceptors (Lipinski definition) is 7. The summed E-state index contributed by atoms with van der Waals surface area (Å²) in [6.07, 6.45) is 3.34. The number of hydrogen-bond donors (Lipinski definition) is 2. The number of carbonyl (C=O) groups excluding carboxylic acids is 1. The fourth-order valence-corrected chi connectivity index (χ4v) is 2.99. The van der Waals surface area contributed by atoms with Gasteiger partial charge in [0.15, 0.2) is 11.1 Å². The molecular formula is C17H17N3O4S. The Morgan fingerprint density at radius 3 is 2.76 bits per heavy atom. The van der Waals surface area contributed by atoms with Crippen molar-refractivity contribution in [3.63, 3.8) is 0 Å². The molecule has 0 amide bonds. The predicted molar refractivity (Wildman–Crippen MR) is 98.2 cm³/mol. The van der Waals surface area contributed by atoms with Crippen molar-refractivity contribution in [2.75, 3.05) is 18.2 Å². The van der Waals surface area contributed by atoms with E-state index in [0.29, 0.717) is 11.5 Å². The van der Waals surface area contributed by atoms with E-state index in [0.717, 1.165) is 0 Å². The Hall–Kier alpha value is -2.74. The zero-order valence-corrected chi connectivity index (χ0v) is 14.5. The first-order chi connectivity index (χ1) is 12.1. The molecular weight excluding hydrogens is 342 g/mol. The van der Waals surface area contributed by atoms with Crippen LogP contribution in [0.15, 0.2) is 40.1 Å². The third-order valence-electron chi connectivity index (χ3n) is 3.70. The smallest absolute Gasteiger partial charge is 0.347 e. The molecule has 1 aromatic heterocycles. The van der Waals surface area contributed by atoms with Gasteiger partial charge in [-0.25, -0.2) is 4.79 Å². The van der Waals surface area contributed by atoms with Gasteiger partial charge in [0.25, 0.3) is 5.56 Å². The Balaban J connectivity index is 2.33. The highest BCUT2D eigenvalue weighted by Crippen LogP contribution is 2.32. The molecule has 2 N–H and O–H groups in total. The van der Waals surface area contributed by atoms with Crippen molar-refractivity contribution in [3.05, 3.63) is 51.8 Å². The molecule has 0 fully saturated rings. The van der Waals surface area contributed by atoms with Gasteiger partial charge in [-0.1, -0.05) is 18.2 Å². The molecule has 2 aromatic rings. The Labute approximate surface area is 148 Å². The van der Waals surface area contributed by atoms with E-state index in [1.54, 1.807) is 31.2 Å². The summed E-state index contributed by atoms with van der Waals surface area (Å²) in [5.74, 6) is -0.907. The van der Waals surface area contributed by atoms with Crippen LogP contribution in [0.5, 0.6) is 5.75 Å². The van der Waals surface area contributed by atoms with E-state index < -0.39 is 22.8 Å². The summed E-state index contributed by atoms with van der Waals surface area (Å²) in [6, 6.07) is 8.89. The van der Waals surface area contributed by atoms with Gasteiger partial charge < -0.3 is 15.2 Å². The summed E-state index contributed by atoms with van der Waals surface area (Å²) in [5, 5.41) is 13.6. The molecule has 1 atom stereocenters. The number of fused-ring (bicyclic) bond motifs is 1. The molecule has 0 saturated carbocycles. The molecule has 0 saturated heterocycles. The van der Waals surface area contributed by atoms with Crippen LogP contribution in [0, 0.1) is 0 Å². The molecule has 0 spiro atoms. The van der Waals surface area contributed by atoms with E-state index in [2.05, 4.69) is 10.3 Å². The van der Waals surface area contributed by atoms with Crippen molar-refractivity contribution in [2.45, 2.75) is 12.4 Å². The fraction of sp³-hybridized carbons (Fsp3) is 0.235. The average Bonchev–Trinajstić information content (AvgIpc) is 2.62. The molecule has 0 aliphatic carbocycles. The minimum Gasteiger partial charge on any atom is -0.506 e. The van der Waals surface area contributed by atoms with Crippen LogP contribution >= 0.6 is 11.8 Å². The Kier molecular flexibility index (Phi) is 4.80. The number of nitrogens with zero attached hydrogens (tertiary/aromatic N) is 2. The third kappa shape index (κ3) is 3.00. The highest BCUT2D eigenvalue weighted by Gasteiger charge is 2.29. The maximum atomic E-state index is 13.0. The van der Waals surface area contributed by atoms with E-state index in [1.807, 2.05) is 12.3 Å². The summed E-state index contributed by atoms with van der Waals surface area (Å²) in [5.41, 5.74) is -0.507. The lowest BCUT2D eigenvalue weighted by atomic mass is 10.1. The standard InChI is InChI=1S/C17H17N3O4S/c1-3-24-16(23)12-13(21)11-9-18-17(25-2)19-14(11)20(15(12)22)10-7-5-4-6-8-10/h4-9,17,19,21H,3H2,1-2H3. The van der Waals surface area contributed by atoms with E-state index in [4.69, 9.17) is 4.74 Å². The van der Waals surface area contributed by atoms with Crippen LogP contribution in [0.3, 0.4) is 0 Å². The van der Waals surface area contributed by atoms with Crippen molar-refractivity contribution in [3.8, 4) is 11.4 Å². The van der Waals surface area contributed by atoms with Gasteiger partial charge in [-0.2, -0.15) is 0 Å². The number of carbonyl (C=O) groups is 1. The van der Waals surface area contributed by atoms with Crippen molar-refractivity contribution >= 4 is 29.8 Å². The maximum Gasteiger partial charge on any atom is 0.347 e. The number of para-hydroxylation sites is 1. The van der Waals surface area contributed by atoms with Crippen molar-refractivity contribution < 1.29 is 14.6 Å². The zero-order chi connectivity index (χ0) is 18.0. The van der Waals surface area contributed by atoms with Gasteiger partial charge in [-0.05, 0) is 25.3 Å². The molecule has 25 heavy (non-hydrogen) atoms. The molecule has 7 nitrogen and oxygen atoms in total. The van der Waals surface area contributed by atoms with Crippen molar-refractivity contribution in [1.29, 1.82) is 0 Å². The van der Waals surface area contributed by atoms with Gasteiger partial charge >= 0.3 is 5.97 Å². The molecule has 3 rings (SSSR count). The lowest BCUT2D eigenvalue weighted by Gasteiger charge is -2.25. The maximum absolute atomic E-state index is 13.0. The average molecular weight is 359 g/mol. The normalized spacial score (nSPS) is 15.4. The number of aliphatic imine (C=N–C) groups is 1. The Bertz CT molecular complexity index is 893. The third-order valence-corrected chi connectivity index (χ3v) is 4.39.